The van der Waals surface area contributed by atoms with E-state index in [1.54, 1.807) is 6.08 Å². The molecule has 86 valence electrons. The second-order valence-corrected chi connectivity index (χ2v) is 6.27. The summed E-state index contributed by atoms with van der Waals surface area (Å²) < 4.78 is 27.7. The number of nitrogens with one attached hydrogen (secondary N) is 1. The van der Waals surface area contributed by atoms with Crippen molar-refractivity contribution in [3.05, 3.63) is 11.5 Å². The van der Waals surface area contributed by atoms with Crippen LogP contribution in [0.15, 0.2) is 11.5 Å². The maximum absolute atomic E-state index is 11.2. The summed E-state index contributed by atoms with van der Waals surface area (Å²) in [6.45, 7) is 3.71. The summed E-state index contributed by atoms with van der Waals surface area (Å²) in [5.41, 5.74) is 0. The van der Waals surface area contributed by atoms with Crippen molar-refractivity contribution >= 4 is 9.84 Å². The zero-order valence-electron chi connectivity index (χ0n) is 8.85. The van der Waals surface area contributed by atoms with Crippen molar-refractivity contribution < 1.29 is 13.2 Å². The number of rotatable bonds is 3. The van der Waals surface area contributed by atoms with E-state index in [1.807, 2.05) is 0 Å². The van der Waals surface area contributed by atoms with Crippen LogP contribution in [0, 0.1) is 5.92 Å². The van der Waals surface area contributed by atoms with Gasteiger partial charge in [-0.15, -0.1) is 0 Å². The molecule has 0 saturated carbocycles. The molecule has 0 bridgehead atoms. The first-order valence-corrected chi connectivity index (χ1v) is 7.03. The smallest absolute Gasteiger partial charge is 0.173 e. The summed E-state index contributed by atoms with van der Waals surface area (Å²) in [7, 11) is -2.94. The highest BCUT2D eigenvalue weighted by molar-refractivity contribution is 7.94. The molecule has 0 spiro atoms. The van der Waals surface area contributed by atoms with Gasteiger partial charge in [-0.3, -0.25) is 0 Å². The van der Waals surface area contributed by atoms with Crippen LogP contribution in [-0.2, 0) is 14.6 Å². The fraction of sp³-hybridized carbons (Fsp3) is 0.800. The number of hydrogen-bond acceptors (Lipinski definition) is 4. The molecular formula is C10H17NO3S. The van der Waals surface area contributed by atoms with Crippen LogP contribution in [0.5, 0.6) is 0 Å². The minimum atomic E-state index is -2.94. The number of hydrogen-bond donors (Lipinski definition) is 1. The average Bonchev–Trinajstić information content (AvgIpc) is 2.74. The van der Waals surface area contributed by atoms with E-state index in [1.165, 1.54) is 5.41 Å². The van der Waals surface area contributed by atoms with Crippen LogP contribution in [0.2, 0.25) is 0 Å². The van der Waals surface area contributed by atoms with Crippen LogP contribution in [0.1, 0.15) is 13.3 Å². The van der Waals surface area contributed by atoms with Gasteiger partial charge in [-0.25, -0.2) is 8.42 Å². The van der Waals surface area contributed by atoms with E-state index < -0.39 is 9.84 Å². The second kappa shape index (κ2) is 4.23. The van der Waals surface area contributed by atoms with Gasteiger partial charge in [0.15, 0.2) is 9.84 Å². The normalized spacial score (nSPS) is 35.8. The van der Waals surface area contributed by atoms with E-state index in [4.69, 9.17) is 4.74 Å². The molecule has 2 aliphatic heterocycles. The van der Waals surface area contributed by atoms with E-state index in [0.717, 1.165) is 19.6 Å². The van der Waals surface area contributed by atoms with Crippen LogP contribution in [0.25, 0.3) is 0 Å². The van der Waals surface area contributed by atoms with Gasteiger partial charge in [0.2, 0.25) is 0 Å². The molecule has 5 heteroatoms. The Bertz CT molecular complexity index is 344. The van der Waals surface area contributed by atoms with Crippen LogP contribution in [0.3, 0.4) is 0 Å². The summed E-state index contributed by atoms with van der Waals surface area (Å²) in [5.74, 6) is 0.715. The zero-order valence-corrected chi connectivity index (χ0v) is 9.66. The molecule has 0 amide bonds. The van der Waals surface area contributed by atoms with Crippen molar-refractivity contribution in [1.29, 1.82) is 0 Å². The van der Waals surface area contributed by atoms with E-state index >= 15 is 0 Å². The van der Waals surface area contributed by atoms with Crippen molar-refractivity contribution in [2.75, 3.05) is 19.0 Å². The molecule has 3 unspecified atom stereocenters. The molecule has 0 aromatic heterocycles. The molecule has 0 aromatic rings. The molecule has 1 fully saturated rings. The largest absolute Gasteiger partial charge is 0.381 e. The highest BCUT2D eigenvalue weighted by Gasteiger charge is 2.27. The molecule has 0 aliphatic carbocycles. The number of ether oxygens (including phenoxy) is 1. The minimum Gasteiger partial charge on any atom is -0.381 e. The first-order valence-electron chi connectivity index (χ1n) is 5.31. The highest BCUT2D eigenvalue weighted by atomic mass is 32.2. The number of sulfone groups is 1. The van der Waals surface area contributed by atoms with Crippen LogP contribution in [0.4, 0.5) is 0 Å². The fourth-order valence-electron chi connectivity index (χ4n) is 2.10. The lowest BCUT2D eigenvalue weighted by Crippen LogP contribution is -2.41. The summed E-state index contributed by atoms with van der Waals surface area (Å²) >= 11 is 0. The topological polar surface area (TPSA) is 55.4 Å². The summed E-state index contributed by atoms with van der Waals surface area (Å²) in [6, 6.07) is 0.293. The van der Waals surface area contributed by atoms with Gasteiger partial charge in [-0.2, -0.15) is 0 Å². The molecule has 15 heavy (non-hydrogen) atoms. The third-order valence-electron chi connectivity index (χ3n) is 3.08. The minimum absolute atomic E-state index is 0.0226. The third kappa shape index (κ3) is 2.80. The first-order chi connectivity index (χ1) is 7.07. The first kappa shape index (κ1) is 11.1. The van der Waals surface area contributed by atoms with Crippen LogP contribution in [-0.4, -0.2) is 39.5 Å². The Labute approximate surface area is 90.6 Å². The Kier molecular flexibility index (Phi) is 3.13. The zero-order chi connectivity index (χ0) is 10.9. The summed E-state index contributed by atoms with van der Waals surface area (Å²) in [4.78, 5) is 0. The van der Waals surface area contributed by atoms with Crippen molar-refractivity contribution in [2.24, 2.45) is 5.92 Å². The van der Waals surface area contributed by atoms with Gasteiger partial charge in [-0.05, 0) is 19.3 Å². The Balaban J connectivity index is 1.85. The molecule has 2 rings (SSSR count). The van der Waals surface area contributed by atoms with Crippen molar-refractivity contribution in [3.8, 4) is 0 Å². The van der Waals surface area contributed by atoms with Crippen LogP contribution >= 0.6 is 0 Å². The van der Waals surface area contributed by atoms with Crippen molar-refractivity contribution in [1.82, 2.24) is 5.32 Å². The maximum atomic E-state index is 11.2. The lowest BCUT2D eigenvalue weighted by atomic mass is 10.00. The lowest BCUT2D eigenvalue weighted by molar-refractivity contribution is 0.178. The molecule has 0 radical (unpaired) electrons. The van der Waals surface area contributed by atoms with Gasteiger partial charge >= 0.3 is 0 Å². The summed E-state index contributed by atoms with van der Waals surface area (Å²) in [6.07, 6.45) is 2.80. The second-order valence-electron chi connectivity index (χ2n) is 4.34. The molecule has 1 saturated heterocycles. The van der Waals surface area contributed by atoms with Crippen LogP contribution < -0.4 is 5.32 Å². The Morgan fingerprint density at radius 1 is 1.53 bits per heavy atom. The molecule has 2 heterocycles. The predicted octanol–water partition coefficient (Wildman–Crippen LogP) is 0.312. The Morgan fingerprint density at radius 3 is 2.87 bits per heavy atom. The monoisotopic (exact) mass is 231 g/mol. The van der Waals surface area contributed by atoms with Gasteiger partial charge in [0.25, 0.3) is 0 Å². The maximum Gasteiger partial charge on any atom is 0.173 e. The van der Waals surface area contributed by atoms with E-state index in [9.17, 15) is 8.42 Å². The SMILES string of the molecule is CC(NC1C=CS(=O)(=O)C1)C1CCOC1. The van der Waals surface area contributed by atoms with Crippen molar-refractivity contribution in [3.63, 3.8) is 0 Å². The van der Waals surface area contributed by atoms with Gasteiger partial charge < -0.3 is 10.1 Å². The van der Waals surface area contributed by atoms with E-state index in [-0.39, 0.29) is 11.8 Å². The fourth-order valence-corrected chi connectivity index (χ4v) is 3.35. The predicted molar refractivity (Wildman–Crippen MR) is 58.2 cm³/mol. The lowest BCUT2D eigenvalue weighted by Gasteiger charge is -2.22. The average molecular weight is 231 g/mol. The van der Waals surface area contributed by atoms with E-state index in [0.29, 0.717) is 12.0 Å². The molecule has 2 aliphatic rings. The summed E-state index contributed by atoms with van der Waals surface area (Å²) in [5, 5.41) is 4.64. The molecule has 0 aromatic carbocycles. The standard InChI is InChI=1S/C10H17NO3S/c1-8(9-2-4-14-6-9)11-10-3-5-15(12,13)7-10/h3,5,8-11H,2,4,6-7H2,1H3. The molecule has 1 N–H and O–H groups in total. The Morgan fingerprint density at radius 2 is 2.33 bits per heavy atom. The van der Waals surface area contributed by atoms with Gasteiger partial charge in [-0.1, -0.05) is 6.08 Å². The quantitative estimate of drug-likeness (QED) is 0.759. The van der Waals surface area contributed by atoms with E-state index in [2.05, 4.69) is 12.2 Å². The molecule has 4 nitrogen and oxygen atoms in total. The molecule has 3 atom stereocenters. The van der Waals surface area contributed by atoms with Gasteiger partial charge in [0.05, 0.1) is 12.4 Å². The highest BCUT2D eigenvalue weighted by Crippen LogP contribution is 2.18. The van der Waals surface area contributed by atoms with Crippen molar-refractivity contribution in [2.45, 2.75) is 25.4 Å². The third-order valence-corrected chi connectivity index (χ3v) is 4.47. The molecular weight excluding hydrogens is 214 g/mol. The van der Waals surface area contributed by atoms with Gasteiger partial charge in [0.1, 0.15) is 0 Å². The Hall–Kier alpha value is -0.390. The van der Waals surface area contributed by atoms with Gasteiger partial charge in [0, 0.05) is 24.1 Å².